The smallest absolute Gasteiger partial charge is 0.308 e. The van der Waals surface area contributed by atoms with Crippen molar-refractivity contribution in [2.45, 2.75) is 31.1 Å². The normalized spacial score (nSPS) is 30.1. The van der Waals surface area contributed by atoms with E-state index in [2.05, 4.69) is 5.32 Å². The minimum absolute atomic E-state index is 0.0558. The molecule has 4 unspecified atom stereocenters. The van der Waals surface area contributed by atoms with Gasteiger partial charge in [0.25, 0.3) is 5.91 Å². The molecule has 8 nitrogen and oxygen atoms in total. The average molecular weight is 587 g/mol. The summed E-state index contributed by atoms with van der Waals surface area (Å²) >= 11 is 25.1. The molecule has 4 aliphatic heterocycles. The summed E-state index contributed by atoms with van der Waals surface area (Å²) in [6, 6.07) is 4.76. The van der Waals surface area contributed by atoms with Gasteiger partial charge in [-0.3, -0.25) is 24.1 Å². The number of rotatable bonds is 2. The van der Waals surface area contributed by atoms with Gasteiger partial charge in [0.05, 0.1) is 33.3 Å². The monoisotopic (exact) mass is 585 g/mol. The highest BCUT2D eigenvalue weighted by molar-refractivity contribution is 6.39. The number of imide groups is 1. The van der Waals surface area contributed by atoms with Crippen LogP contribution in [0, 0.1) is 11.8 Å². The molecule has 4 aliphatic rings. The van der Waals surface area contributed by atoms with E-state index in [4.69, 9.17) is 51.1 Å². The number of alkyl halides is 1. The van der Waals surface area contributed by atoms with Crippen molar-refractivity contribution >= 4 is 81.5 Å². The first kappa shape index (κ1) is 24.9. The molecule has 0 aromatic heterocycles. The van der Waals surface area contributed by atoms with E-state index in [1.165, 1.54) is 24.3 Å². The van der Waals surface area contributed by atoms with Gasteiger partial charge >= 0.3 is 5.97 Å². The fraction of sp³-hybridized carbons (Fsp3) is 0.333. The number of halogens is 5. The third-order valence-corrected chi connectivity index (χ3v) is 8.50. The molecule has 1 spiro atoms. The molecule has 0 aliphatic carbocycles. The molecular formula is C24H16Cl4FN3O5. The number of hydrogen-bond acceptors (Lipinski definition) is 6. The number of nitrogens with zero attached hydrogens (tertiary/aromatic N) is 2. The van der Waals surface area contributed by atoms with Crippen molar-refractivity contribution in [3.05, 3.63) is 49.9 Å². The summed E-state index contributed by atoms with van der Waals surface area (Å²) in [5.74, 6) is -5.32. The molecule has 4 heterocycles. The summed E-state index contributed by atoms with van der Waals surface area (Å²) in [5, 5.41) is 3.07. The number of amides is 3. The van der Waals surface area contributed by atoms with Crippen LogP contribution in [-0.4, -0.2) is 47.3 Å². The largest absolute Gasteiger partial charge is 0.423 e. The highest BCUT2D eigenvalue weighted by Crippen LogP contribution is 2.62. The molecule has 2 aromatic carbocycles. The van der Waals surface area contributed by atoms with Gasteiger partial charge in [-0.05, 0) is 30.7 Å². The molecule has 3 saturated heterocycles. The zero-order valence-corrected chi connectivity index (χ0v) is 21.9. The van der Waals surface area contributed by atoms with Crippen molar-refractivity contribution in [2.75, 3.05) is 16.8 Å². The molecule has 6 rings (SSSR count). The zero-order valence-electron chi connectivity index (χ0n) is 18.9. The van der Waals surface area contributed by atoms with E-state index in [-0.39, 0.29) is 50.2 Å². The minimum Gasteiger partial charge on any atom is -0.423 e. The van der Waals surface area contributed by atoms with Gasteiger partial charge in [0.2, 0.25) is 11.8 Å². The van der Waals surface area contributed by atoms with E-state index in [9.17, 15) is 23.6 Å². The molecule has 192 valence electrons. The lowest BCUT2D eigenvalue weighted by Gasteiger charge is -2.36. The number of carbonyl (C=O) groups is 4. The molecule has 3 amide bonds. The Kier molecular flexibility index (Phi) is 5.57. The van der Waals surface area contributed by atoms with Crippen LogP contribution in [0.3, 0.4) is 0 Å². The highest BCUT2D eigenvalue weighted by Gasteiger charge is 2.76. The maximum absolute atomic E-state index is 14.8. The van der Waals surface area contributed by atoms with Crippen LogP contribution in [0.1, 0.15) is 18.9 Å². The van der Waals surface area contributed by atoms with E-state index in [1.54, 1.807) is 4.90 Å². The summed E-state index contributed by atoms with van der Waals surface area (Å²) in [7, 11) is 0. The zero-order chi connectivity index (χ0) is 26.5. The van der Waals surface area contributed by atoms with Crippen LogP contribution in [0.5, 0.6) is 5.75 Å². The Labute approximate surface area is 229 Å². The van der Waals surface area contributed by atoms with E-state index < -0.39 is 53.3 Å². The van der Waals surface area contributed by atoms with Crippen LogP contribution >= 0.6 is 46.4 Å². The van der Waals surface area contributed by atoms with Crippen molar-refractivity contribution in [3.8, 4) is 5.75 Å². The number of nitrogens with one attached hydrogen (secondary N) is 1. The molecule has 0 saturated carbocycles. The number of esters is 1. The highest BCUT2D eigenvalue weighted by atomic mass is 35.5. The molecule has 0 radical (unpaired) electrons. The number of anilines is 2. The van der Waals surface area contributed by atoms with Crippen LogP contribution in [0.4, 0.5) is 15.8 Å². The standard InChI is InChI=1S/C24H16Cl4FN3O5/c1-8(33)37-20-14(28)4-10(26)5-16(20)32-21(34)17-15-6-11(29)7-31(15)24(18(17)22(32)35)12-2-9(25)3-13(27)19(12)30-23(24)36/h2-5,11,15,17-18H,6-7H2,1H3,(H,30,36)/t11-,15?,17?,18?,24?/m0/s1. The Hall–Kier alpha value is -2.43. The van der Waals surface area contributed by atoms with E-state index in [0.717, 1.165) is 11.8 Å². The van der Waals surface area contributed by atoms with Gasteiger partial charge in [0.1, 0.15) is 11.7 Å². The Morgan fingerprint density at radius 1 is 1.05 bits per heavy atom. The summed E-state index contributed by atoms with van der Waals surface area (Å²) in [4.78, 5) is 56.1. The summed E-state index contributed by atoms with van der Waals surface area (Å²) in [6.07, 6.45) is -1.39. The first-order valence-electron chi connectivity index (χ1n) is 11.2. The number of hydrogen-bond donors (Lipinski definition) is 1. The third kappa shape index (κ3) is 3.24. The van der Waals surface area contributed by atoms with Crippen molar-refractivity contribution in [2.24, 2.45) is 11.8 Å². The van der Waals surface area contributed by atoms with Crippen molar-refractivity contribution < 1.29 is 28.3 Å². The lowest BCUT2D eigenvalue weighted by atomic mass is 9.75. The third-order valence-electron chi connectivity index (χ3n) is 7.49. The van der Waals surface area contributed by atoms with Gasteiger partial charge in [-0.25, -0.2) is 9.29 Å². The minimum atomic E-state index is -1.73. The topological polar surface area (TPSA) is 96.0 Å². The fourth-order valence-electron chi connectivity index (χ4n) is 6.38. The lowest BCUT2D eigenvalue weighted by molar-refractivity contribution is -0.135. The quantitative estimate of drug-likeness (QED) is 0.314. The Morgan fingerprint density at radius 2 is 1.73 bits per heavy atom. The van der Waals surface area contributed by atoms with Crippen LogP contribution < -0.4 is 15.0 Å². The molecule has 0 bridgehead atoms. The van der Waals surface area contributed by atoms with Crippen molar-refractivity contribution in [3.63, 3.8) is 0 Å². The Morgan fingerprint density at radius 3 is 2.43 bits per heavy atom. The van der Waals surface area contributed by atoms with Gasteiger partial charge in [-0.1, -0.05) is 46.4 Å². The first-order valence-corrected chi connectivity index (χ1v) is 12.7. The second-order valence-corrected chi connectivity index (χ2v) is 11.1. The number of fused-ring (bicyclic) bond motifs is 7. The van der Waals surface area contributed by atoms with Gasteiger partial charge in [0.15, 0.2) is 5.75 Å². The number of ether oxygens (including phenoxy) is 1. The molecule has 1 N–H and O–H groups in total. The molecular weight excluding hydrogens is 571 g/mol. The summed E-state index contributed by atoms with van der Waals surface area (Å²) in [5.41, 5.74) is -1.32. The summed E-state index contributed by atoms with van der Waals surface area (Å²) < 4.78 is 20.1. The fourth-order valence-corrected chi connectivity index (χ4v) is 7.44. The van der Waals surface area contributed by atoms with E-state index >= 15 is 0 Å². The predicted octanol–water partition coefficient (Wildman–Crippen LogP) is 4.60. The van der Waals surface area contributed by atoms with Crippen LogP contribution in [0.25, 0.3) is 0 Å². The number of carbonyl (C=O) groups excluding carboxylic acids is 4. The van der Waals surface area contributed by atoms with Crippen LogP contribution in [-0.2, 0) is 24.7 Å². The van der Waals surface area contributed by atoms with Gasteiger partial charge in [-0.2, -0.15) is 0 Å². The van der Waals surface area contributed by atoms with Gasteiger partial charge in [-0.15, -0.1) is 0 Å². The maximum atomic E-state index is 14.8. The molecule has 2 aromatic rings. The van der Waals surface area contributed by atoms with Gasteiger partial charge < -0.3 is 10.1 Å². The van der Waals surface area contributed by atoms with Crippen molar-refractivity contribution in [1.82, 2.24) is 4.90 Å². The molecule has 13 heteroatoms. The van der Waals surface area contributed by atoms with Gasteiger partial charge in [0, 0.05) is 35.1 Å². The van der Waals surface area contributed by atoms with Crippen LogP contribution in [0.2, 0.25) is 20.1 Å². The van der Waals surface area contributed by atoms with Crippen LogP contribution in [0.15, 0.2) is 24.3 Å². The van der Waals surface area contributed by atoms with E-state index in [1.807, 2.05) is 0 Å². The Balaban J connectivity index is 1.58. The van der Waals surface area contributed by atoms with Crippen molar-refractivity contribution in [1.29, 1.82) is 0 Å². The maximum Gasteiger partial charge on any atom is 0.308 e. The molecule has 3 fully saturated rings. The number of benzene rings is 2. The van der Waals surface area contributed by atoms with E-state index in [0.29, 0.717) is 5.56 Å². The SMILES string of the molecule is CC(=O)Oc1c(Cl)cc(Cl)cc1N1C(=O)C2C3C[C@H](F)CN3C3(C(=O)Nc4c(Cl)cc(Cl)cc43)C2C1=O. The lowest BCUT2D eigenvalue weighted by Crippen LogP contribution is -2.54. The second-order valence-electron chi connectivity index (χ2n) is 9.43. The second kappa shape index (κ2) is 8.28. The molecule has 37 heavy (non-hydrogen) atoms. The average Bonchev–Trinajstić information content (AvgIpc) is 3.46. The summed E-state index contributed by atoms with van der Waals surface area (Å²) in [6.45, 7) is 0.980. The first-order chi connectivity index (χ1) is 17.5. The molecule has 5 atom stereocenters. The Bertz CT molecular complexity index is 1450. The predicted molar refractivity (Wildman–Crippen MR) is 134 cm³/mol.